The Kier molecular flexibility index (Phi) is 4.19. The van der Waals surface area contributed by atoms with Crippen LogP contribution in [0.15, 0.2) is 60.7 Å². The van der Waals surface area contributed by atoms with E-state index in [4.69, 9.17) is 0 Å². The Balaban J connectivity index is 2.69. The molecule has 0 saturated heterocycles. The normalized spacial score (nSPS) is 12.1. The molecule has 0 bridgehead atoms. The molecule has 0 aliphatic heterocycles. The first-order valence-corrected chi connectivity index (χ1v) is 8.45. The van der Waals surface area contributed by atoms with Crippen LogP contribution in [-0.2, 0) is 0 Å². The van der Waals surface area contributed by atoms with Crippen LogP contribution in [0.1, 0.15) is 0 Å². The second kappa shape index (κ2) is 5.69. The molecule has 100 valence electrons. The topological polar surface area (TPSA) is 6.48 Å². The lowest BCUT2D eigenvalue weighted by Gasteiger charge is -2.43. The lowest BCUT2D eigenvalue weighted by Crippen LogP contribution is -2.76. The Morgan fingerprint density at radius 2 is 0.895 bits per heavy atom. The maximum Gasteiger partial charge on any atom is 0.271 e. The molecular weight excluding hydrogens is 248 g/mol. The lowest BCUT2D eigenvalue weighted by molar-refractivity contribution is 0.511. The van der Waals surface area contributed by atoms with Crippen molar-refractivity contribution in [2.75, 3.05) is 28.2 Å². The Bertz CT molecular complexity index is 459. The first kappa shape index (κ1) is 14.0. The molecule has 19 heavy (non-hydrogen) atoms. The number of hydrogen-bond acceptors (Lipinski definition) is 2. The van der Waals surface area contributed by atoms with Crippen LogP contribution in [0, 0.1) is 0 Å². The van der Waals surface area contributed by atoms with Gasteiger partial charge in [-0.2, -0.15) is 0 Å². The summed E-state index contributed by atoms with van der Waals surface area (Å²) in [5, 5.41) is 2.83. The van der Waals surface area contributed by atoms with E-state index >= 15 is 0 Å². The van der Waals surface area contributed by atoms with E-state index in [1.165, 1.54) is 10.4 Å². The minimum atomic E-state index is -2.04. The minimum Gasteiger partial charge on any atom is -0.310 e. The van der Waals surface area contributed by atoms with Crippen LogP contribution in [0.4, 0.5) is 0 Å². The average molecular weight is 270 g/mol. The predicted octanol–water partition coefficient (Wildman–Crippen LogP) is 1.37. The highest BCUT2D eigenvalue weighted by molar-refractivity contribution is 6.97. The minimum absolute atomic E-state index is 1.41. The Morgan fingerprint density at radius 3 is 1.16 bits per heavy atom. The van der Waals surface area contributed by atoms with Crippen LogP contribution >= 0.6 is 0 Å². The third-order valence-corrected chi connectivity index (χ3v) is 8.51. The van der Waals surface area contributed by atoms with Crippen LogP contribution < -0.4 is 10.4 Å². The summed E-state index contributed by atoms with van der Waals surface area (Å²) >= 11 is 0. The van der Waals surface area contributed by atoms with Gasteiger partial charge in [0.25, 0.3) is 8.40 Å². The molecule has 0 heterocycles. The van der Waals surface area contributed by atoms with Crippen molar-refractivity contribution in [3.8, 4) is 0 Å². The molecular formula is C16H22N2Si. The molecule has 0 aliphatic rings. The zero-order chi connectivity index (χ0) is 13.9. The largest absolute Gasteiger partial charge is 0.310 e. The zero-order valence-corrected chi connectivity index (χ0v) is 13.2. The van der Waals surface area contributed by atoms with Crippen molar-refractivity contribution < 1.29 is 0 Å². The molecule has 0 unspecified atom stereocenters. The molecule has 0 saturated carbocycles. The second-order valence-electron chi connectivity index (χ2n) is 5.19. The van der Waals surface area contributed by atoms with Gasteiger partial charge in [-0.15, -0.1) is 0 Å². The number of benzene rings is 2. The second-order valence-corrected chi connectivity index (χ2v) is 9.48. The quantitative estimate of drug-likeness (QED) is 0.774. The fourth-order valence-corrected chi connectivity index (χ4v) is 7.45. The third kappa shape index (κ3) is 2.37. The van der Waals surface area contributed by atoms with Crippen molar-refractivity contribution in [3.05, 3.63) is 60.7 Å². The van der Waals surface area contributed by atoms with Crippen LogP contribution in [0.5, 0.6) is 0 Å². The van der Waals surface area contributed by atoms with E-state index in [0.29, 0.717) is 0 Å². The van der Waals surface area contributed by atoms with Gasteiger partial charge in [-0.3, -0.25) is 0 Å². The van der Waals surface area contributed by atoms with E-state index in [-0.39, 0.29) is 0 Å². The molecule has 2 aromatic carbocycles. The monoisotopic (exact) mass is 270 g/mol. The Morgan fingerprint density at radius 1 is 0.579 bits per heavy atom. The van der Waals surface area contributed by atoms with Crippen LogP contribution in [0.25, 0.3) is 0 Å². The first-order valence-electron chi connectivity index (χ1n) is 6.56. The molecule has 0 aromatic heterocycles. The van der Waals surface area contributed by atoms with E-state index in [1.807, 2.05) is 0 Å². The van der Waals surface area contributed by atoms with Gasteiger partial charge in [0, 0.05) is 0 Å². The highest BCUT2D eigenvalue weighted by Gasteiger charge is 2.43. The van der Waals surface area contributed by atoms with E-state index in [9.17, 15) is 0 Å². The molecule has 3 heteroatoms. The van der Waals surface area contributed by atoms with E-state index in [0.717, 1.165) is 0 Å². The average Bonchev–Trinajstić information content (AvgIpc) is 2.41. The van der Waals surface area contributed by atoms with Crippen molar-refractivity contribution in [1.82, 2.24) is 9.13 Å². The maximum absolute atomic E-state index is 2.40. The van der Waals surface area contributed by atoms with Gasteiger partial charge in [0.15, 0.2) is 0 Å². The van der Waals surface area contributed by atoms with E-state index in [1.54, 1.807) is 0 Å². The molecule has 0 atom stereocenters. The molecule has 2 nitrogen and oxygen atoms in total. The van der Waals surface area contributed by atoms with Crippen molar-refractivity contribution in [2.45, 2.75) is 0 Å². The molecule has 0 N–H and O–H groups in total. The van der Waals surface area contributed by atoms with Crippen molar-refractivity contribution in [1.29, 1.82) is 0 Å². The number of hydrogen-bond donors (Lipinski definition) is 0. The van der Waals surface area contributed by atoms with Gasteiger partial charge in [0.1, 0.15) is 0 Å². The fourth-order valence-electron chi connectivity index (χ4n) is 2.94. The number of nitrogens with zero attached hydrogens (tertiary/aromatic N) is 2. The van der Waals surface area contributed by atoms with Gasteiger partial charge in [0.05, 0.1) is 0 Å². The maximum atomic E-state index is 2.40. The summed E-state index contributed by atoms with van der Waals surface area (Å²) in [6.07, 6.45) is 0. The molecule has 0 spiro atoms. The van der Waals surface area contributed by atoms with Crippen molar-refractivity contribution in [3.63, 3.8) is 0 Å². The van der Waals surface area contributed by atoms with Gasteiger partial charge in [-0.05, 0) is 38.6 Å². The third-order valence-electron chi connectivity index (χ3n) is 3.65. The molecule has 2 rings (SSSR count). The SMILES string of the molecule is CN(C)[Si](c1ccccc1)(c1ccccc1)N(C)C. The van der Waals surface area contributed by atoms with Crippen LogP contribution in [0.3, 0.4) is 0 Å². The lowest BCUT2D eigenvalue weighted by atomic mass is 10.4. The van der Waals surface area contributed by atoms with Crippen molar-refractivity contribution >= 4 is 18.8 Å². The van der Waals surface area contributed by atoms with Crippen LogP contribution in [-0.4, -0.2) is 45.7 Å². The van der Waals surface area contributed by atoms with Crippen molar-refractivity contribution in [2.24, 2.45) is 0 Å². The molecule has 0 radical (unpaired) electrons. The molecule has 2 aromatic rings. The van der Waals surface area contributed by atoms with Gasteiger partial charge in [-0.25, -0.2) is 0 Å². The summed E-state index contributed by atoms with van der Waals surface area (Å²) in [6, 6.07) is 21.7. The van der Waals surface area contributed by atoms with Gasteiger partial charge >= 0.3 is 0 Å². The molecule has 0 aliphatic carbocycles. The summed E-state index contributed by atoms with van der Waals surface area (Å²) in [6.45, 7) is 0. The summed E-state index contributed by atoms with van der Waals surface area (Å²) in [7, 11) is 6.71. The van der Waals surface area contributed by atoms with Gasteiger partial charge in [0.2, 0.25) is 0 Å². The summed E-state index contributed by atoms with van der Waals surface area (Å²) < 4.78 is 4.80. The van der Waals surface area contributed by atoms with Gasteiger partial charge < -0.3 is 9.13 Å². The number of rotatable bonds is 4. The molecule has 0 fully saturated rings. The highest BCUT2D eigenvalue weighted by atomic mass is 28.3. The van der Waals surface area contributed by atoms with E-state index in [2.05, 4.69) is 98.0 Å². The zero-order valence-electron chi connectivity index (χ0n) is 12.2. The van der Waals surface area contributed by atoms with E-state index < -0.39 is 8.40 Å². The fraction of sp³-hybridized carbons (Fsp3) is 0.250. The summed E-state index contributed by atoms with van der Waals surface area (Å²) in [5.41, 5.74) is 0. The standard InChI is InChI=1S/C16H22N2Si/c1-17(2)19(18(3)4,15-11-7-5-8-12-15)16-13-9-6-10-14-16/h5-14H,1-4H3. The van der Waals surface area contributed by atoms with Gasteiger partial charge in [-0.1, -0.05) is 60.7 Å². The highest BCUT2D eigenvalue weighted by Crippen LogP contribution is 2.11. The Hall–Kier alpha value is -1.42. The Labute approximate surface area is 117 Å². The van der Waals surface area contributed by atoms with Crippen LogP contribution in [0.2, 0.25) is 0 Å². The summed E-state index contributed by atoms with van der Waals surface area (Å²) in [5.74, 6) is 0. The smallest absolute Gasteiger partial charge is 0.271 e. The molecule has 0 amide bonds. The summed E-state index contributed by atoms with van der Waals surface area (Å²) in [4.78, 5) is 0. The predicted molar refractivity (Wildman–Crippen MR) is 85.3 cm³/mol. The first-order chi connectivity index (χ1) is 9.10.